The summed E-state index contributed by atoms with van der Waals surface area (Å²) < 4.78 is 31.4. The highest BCUT2D eigenvalue weighted by Crippen LogP contribution is 2.22. The molecule has 198 valence electrons. The van der Waals surface area contributed by atoms with Gasteiger partial charge in [-0.05, 0) is 63.4 Å². The van der Waals surface area contributed by atoms with Gasteiger partial charge in [0.2, 0.25) is 21.8 Å². The first-order chi connectivity index (χ1) is 17.0. The fourth-order valence-electron chi connectivity index (χ4n) is 4.06. The lowest BCUT2D eigenvalue weighted by atomic mass is 10.1. The van der Waals surface area contributed by atoms with E-state index in [1.54, 1.807) is 36.3 Å². The van der Waals surface area contributed by atoms with Crippen LogP contribution in [-0.4, -0.2) is 57.1 Å². The summed E-state index contributed by atoms with van der Waals surface area (Å²) in [5, 5.41) is 2.92. The number of carbonyl (C=O) groups excluding carboxylic acids is 2. The highest BCUT2D eigenvalue weighted by Gasteiger charge is 2.29. The first-order valence-corrected chi connectivity index (χ1v) is 14.1. The maximum atomic E-state index is 13.4. The normalized spacial score (nSPS) is 12.2. The van der Waals surface area contributed by atoms with E-state index in [9.17, 15) is 18.0 Å². The molecule has 0 heterocycles. The second kappa shape index (κ2) is 13.3. The molecule has 2 aromatic carbocycles. The van der Waals surface area contributed by atoms with Crippen molar-refractivity contribution in [3.63, 3.8) is 0 Å². The van der Waals surface area contributed by atoms with E-state index >= 15 is 0 Å². The molecule has 8 nitrogen and oxygen atoms in total. The number of hydrogen-bond donors (Lipinski definition) is 1. The van der Waals surface area contributed by atoms with Gasteiger partial charge in [-0.25, -0.2) is 8.42 Å². The number of amides is 2. The Morgan fingerprint density at radius 3 is 2.28 bits per heavy atom. The number of rotatable bonds is 13. The van der Waals surface area contributed by atoms with Gasteiger partial charge in [-0.2, -0.15) is 0 Å². The summed E-state index contributed by atoms with van der Waals surface area (Å²) in [6, 6.07) is 13.9. The topological polar surface area (TPSA) is 96.0 Å². The molecule has 0 saturated carbocycles. The third-order valence-electron chi connectivity index (χ3n) is 5.76. The maximum Gasteiger partial charge on any atom is 0.243 e. The number of nitrogens with zero attached hydrogens (tertiary/aromatic N) is 2. The van der Waals surface area contributed by atoms with E-state index in [2.05, 4.69) is 5.32 Å². The van der Waals surface area contributed by atoms with Gasteiger partial charge >= 0.3 is 0 Å². The zero-order chi connectivity index (χ0) is 26.9. The molecule has 9 heteroatoms. The second-order valence-corrected chi connectivity index (χ2v) is 11.1. The number of carbonyl (C=O) groups is 2. The molecule has 0 aromatic heterocycles. The standard InChI is InChI=1S/C27H39N3O5S/c1-7-25(27(32)28-20(2)3)29(19-22-11-8-10-21(4)18-22)26(31)12-9-17-30(36(6,33)34)23-13-15-24(35-5)16-14-23/h8,10-11,13-16,18,20,25H,7,9,12,17,19H2,1-6H3,(H,28,32). The summed E-state index contributed by atoms with van der Waals surface area (Å²) >= 11 is 0. The van der Waals surface area contributed by atoms with Crippen LogP contribution < -0.4 is 14.4 Å². The molecule has 1 atom stereocenters. The Kier molecular flexibility index (Phi) is 10.8. The molecule has 0 aliphatic heterocycles. The number of sulfonamides is 1. The lowest BCUT2D eigenvalue weighted by Crippen LogP contribution is -2.50. The quantitative estimate of drug-likeness (QED) is 0.435. The van der Waals surface area contributed by atoms with Crippen LogP contribution in [0, 0.1) is 6.92 Å². The van der Waals surface area contributed by atoms with Crippen molar-refractivity contribution in [1.82, 2.24) is 10.2 Å². The molecule has 2 rings (SSSR count). The van der Waals surface area contributed by atoms with E-state index in [4.69, 9.17) is 4.74 Å². The Labute approximate surface area is 215 Å². The van der Waals surface area contributed by atoms with Crippen LogP contribution in [0.5, 0.6) is 5.75 Å². The highest BCUT2D eigenvalue weighted by atomic mass is 32.2. The first kappa shape index (κ1) is 29.2. The molecule has 1 N–H and O–H groups in total. The summed E-state index contributed by atoms with van der Waals surface area (Å²) in [6.45, 7) is 8.09. The van der Waals surface area contributed by atoms with Gasteiger partial charge in [-0.3, -0.25) is 13.9 Å². The van der Waals surface area contributed by atoms with Gasteiger partial charge < -0.3 is 15.0 Å². The molecule has 1 unspecified atom stereocenters. The Bertz CT molecular complexity index is 1120. The Morgan fingerprint density at radius 1 is 1.08 bits per heavy atom. The first-order valence-electron chi connectivity index (χ1n) is 12.2. The van der Waals surface area contributed by atoms with E-state index in [0.29, 0.717) is 30.8 Å². The van der Waals surface area contributed by atoms with E-state index in [0.717, 1.165) is 17.4 Å². The molecule has 0 radical (unpaired) electrons. The smallest absolute Gasteiger partial charge is 0.243 e. The second-order valence-electron chi connectivity index (χ2n) is 9.23. The van der Waals surface area contributed by atoms with Crippen molar-refractivity contribution >= 4 is 27.5 Å². The van der Waals surface area contributed by atoms with Crippen molar-refractivity contribution in [3.05, 3.63) is 59.7 Å². The van der Waals surface area contributed by atoms with Crippen molar-refractivity contribution < 1.29 is 22.7 Å². The predicted molar refractivity (Wildman–Crippen MR) is 144 cm³/mol. The number of ether oxygens (including phenoxy) is 1. The van der Waals surface area contributed by atoms with E-state index in [1.165, 1.54) is 4.31 Å². The molecule has 0 fully saturated rings. The zero-order valence-corrected chi connectivity index (χ0v) is 23.0. The molecular formula is C27H39N3O5S. The van der Waals surface area contributed by atoms with Crippen LogP contribution >= 0.6 is 0 Å². The van der Waals surface area contributed by atoms with Gasteiger partial charge in [0.05, 0.1) is 19.1 Å². The SMILES string of the molecule is CCC(C(=O)NC(C)C)N(Cc1cccc(C)c1)C(=O)CCCN(c1ccc(OC)cc1)S(C)(=O)=O. The molecule has 36 heavy (non-hydrogen) atoms. The molecule has 0 bridgehead atoms. The van der Waals surface area contributed by atoms with E-state index < -0.39 is 16.1 Å². The van der Waals surface area contributed by atoms with E-state index in [1.807, 2.05) is 52.0 Å². The van der Waals surface area contributed by atoms with Crippen LogP contribution in [0.4, 0.5) is 5.69 Å². The van der Waals surface area contributed by atoms with Crippen molar-refractivity contribution in [2.24, 2.45) is 0 Å². The fourth-order valence-corrected chi connectivity index (χ4v) is 5.03. The molecule has 0 aliphatic carbocycles. The fraction of sp³-hybridized carbons (Fsp3) is 0.481. The Balaban J connectivity index is 2.21. The molecule has 0 saturated heterocycles. The molecule has 2 amide bonds. The third kappa shape index (κ3) is 8.55. The number of aryl methyl sites for hydroxylation is 1. The summed E-state index contributed by atoms with van der Waals surface area (Å²) in [6.07, 6.45) is 2.04. The summed E-state index contributed by atoms with van der Waals surface area (Å²) in [5.74, 6) is 0.245. The van der Waals surface area contributed by atoms with Crippen LogP contribution in [0.2, 0.25) is 0 Å². The van der Waals surface area contributed by atoms with Crippen molar-refractivity contribution in [2.75, 3.05) is 24.2 Å². The largest absolute Gasteiger partial charge is 0.497 e. The Hall–Kier alpha value is -3.07. The van der Waals surface area contributed by atoms with Gasteiger partial charge in [-0.1, -0.05) is 36.8 Å². The highest BCUT2D eigenvalue weighted by molar-refractivity contribution is 7.92. The lowest BCUT2D eigenvalue weighted by molar-refractivity contribution is -0.141. The van der Waals surface area contributed by atoms with Gasteiger partial charge in [0.1, 0.15) is 11.8 Å². The van der Waals surface area contributed by atoms with Gasteiger partial charge in [0, 0.05) is 25.6 Å². The zero-order valence-electron chi connectivity index (χ0n) is 22.2. The Morgan fingerprint density at radius 2 is 1.75 bits per heavy atom. The van der Waals surface area contributed by atoms with Crippen LogP contribution in [0.1, 0.15) is 51.2 Å². The van der Waals surface area contributed by atoms with Crippen molar-refractivity contribution in [2.45, 2.75) is 65.6 Å². The number of benzene rings is 2. The van der Waals surface area contributed by atoms with Crippen LogP contribution in [0.15, 0.2) is 48.5 Å². The summed E-state index contributed by atoms with van der Waals surface area (Å²) in [7, 11) is -2.01. The van der Waals surface area contributed by atoms with Crippen molar-refractivity contribution in [1.29, 1.82) is 0 Å². The lowest BCUT2D eigenvalue weighted by Gasteiger charge is -2.31. The number of anilines is 1. The minimum absolute atomic E-state index is 0.0460. The number of methoxy groups -OCH3 is 1. The van der Waals surface area contributed by atoms with E-state index in [-0.39, 0.29) is 30.8 Å². The number of hydrogen-bond acceptors (Lipinski definition) is 5. The molecular weight excluding hydrogens is 478 g/mol. The average Bonchev–Trinajstić information content (AvgIpc) is 2.80. The molecule has 0 spiro atoms. The van der Waals surface area contributed by atoms with Crippen LogP contribution in [0.25, 0.3) is 0 Å². The summed E-state index contributed by atoms with van der Waals surface area (Å²) in [4.78, 5) is 28.0. The minimum atomic E-state index is -3.55. The molecule has 2 aromatic rings. The van der Waals surface area contributed by atoms with Crippen molar-refractivity contribution in [3.8, 4) is 5.75 Å². The average molecular weight is 518 g/mol. The van der Waals surface area contributed by atoms with Gasteiger partial charge in [0.25, 0.3) is 0 Å². The molecule has 0 aliphatic rings. The third-order valence-corrected chi connectivity index (χ3v) is 6.96. The number of nitrogens with one attached hydrogen (secondary N) is 1. The predicted octanol–water partition coefficient (Wildman–Crippen LogP) is 3.88. The van der Waals surface area contributed by atoms with Gasteiger partial charge in [-0.15, -0.1) is 0 Å². The summed E-state index contributed by atoms with van der Waals surface area (Å²) in [5.41, 5.74) is 2.52. The minimum Gasteiger partial charge on any atom is -0.497 e. The van der Waals surface area contributed by atoms with Crippen LogP contribution in [0.3, 0.4) is 0 Å². The maximum absolute atomic E-state index is 13.4. The van der Waals surface area contributed by atoms with Gasteiger partial charge in [0.15, 0.2) is 0 Å². The van der Waals surface area contributed by atoms with Crippen LogP contribution in [-0.2, 0) is 26.2 Å². The monoisotopic (exact) mass is 517 g/mol.